The fraction of sp³-hybridized carbons (Fsp3) is 0.179. The zero-order valence-electron chi connectivity index (χ0n) is 18.6. The highest BCUT2D eigenvalue weighted by molar-refractivity contribution is 5.94. The predicted octanol–water partition coefficient (Wildman–Crippen LogP) is 4.51. The Bertz CT molecular complexity index is 1250. The van der Waals surface area contributed by atoms with Crippen LogP contribution in [-0.4, -0.2) is 30.5 Å². The largest absolute Gasteiger partial charge is 0.469 e. The molecule has 0 aliphatic rings. The van der Waals surface area contributed by atoms with Crippen molar-refractivity contribution in [3.05, 3.63) is 113 Å². The number of benzene rings is 3. The minimum Gasteiger partial charge on any atom is -0.469 e. The molecule has 0 spiro atoms. The molecule has 5 nitrogen and oxygen atoms in total. The summed E-state index contributed by atoms with van der Waals surface area (Å²) in [6, 6.07) is 25.7. The molecule has 0 radical (unpaired) electrons. The number of methoxy groups -OCH3 is 1. The van der Waals surface area contributed by atoms with Crippen molar-refractivity contribution >= 4 is 22.6 Å². The number of pyridine rings is 1. The quantitative estimate of drug-likeness (QED) is 0.411. The summed E-state index contributed by atoms with van der Waals surface area (Å²) in [7, 11) is 1.39. The Kier molecular flexibility index (Phi) is 7.10. The average Bonchev–Trinajstić information content (AvgIpc) is 2.86. The van der Waals surface area contributed by atoms with Crippen LogP contribution in [0.15, 0.2) is 85.1 Å². The van der Waals surface area contributed by atoms with Gasteiger partial charge in [-0.2, -0.15) is 0 Å². The summed E-state index contributed by atoms with van der Waals surface area (Å²) >= 11 is 0. The van der Waals surface area contributed by atoms with Crippen LogP contribution in [0.5, 0.6) is 0 Å². The third kappa shape index (κ3) is 5.63. The van der Waals surface area contributed by atoms with Crippen LogP contribution in [0.25, 0.3) is 10.8 Å². The molecule has 0 fully saturated rings. The molecule has 1 heterocycles. The summed E-state index contributed by atoms with van der Waals surface area (Å²) in [5, 5.41) is 5.00. The van der Waals surface area contributed by atoms with Crippen molar-refractivity contribution in [1.29, 1.82) is 0 Å². The lowest BCUT2D eigenvalue weighted by molar-refractivity contribution is -0.139. The van der Waals surface area contributed by atoms with Gasteiger partial charge in [-0.3, -0.25) is 14.6 Å². The molecule has 0 saturated heterocycles. The Morgan fingerprint density at radius 3 is 2.27 bits per heavy atom. The van der Waals surface area contributed by atoms with Gasteiger partial charge in [0, 0.05) is 30.1 Å². The minimum absolute atomic E-state index is 0.0757. The molecule has 166 valence electrons. The van der Waals surface area contributed by atoms with Crippen molar-refractivity contribution in [3.63, 3.8) is 0 Å². The molecule has 3 aromatic carbocycles. The van der Waals surface area contributed by atoms with Crippen molar-refractivity contribution in [2.75, 3.05) is 13.7 Å². The highest BCUT2D eigenvalue weighted by Crippen LogP contribution is 2.24. The molecule has 1 aromatic heterocycles. The Morgan fingerprint density at radius 1 is 0.848 bits per heavy atom. The number of amides is 1. The number of ether oxygens (including phenoxy) is 1. The first-order chi connectivity index (χ1) is 16.1. The van der Waals surface area contributed by atoms with Crippen LogP contribution >= 0.6 is 0 Å². The molecule has 0 aliphatic carbocycles. The number of fused-ring (bicyclic) bond motifs is 1. The van der Waals surface area contributed by atoms with Gasteiger partial charge < -0.3 is 10.1 Å². The number of esters is 1. The number of hydrogen-bond acceptors (Lipinski definition) is 4. The average molecular weight is 439 g/mol. The number of nitrogens with zero attached hydrogens (tertiary/aromatic N) is 1. The molecule has 1 amide bonds. The van der Waals surface area contributed by atoms with E-state index in [0.717, 1.165) is 34.0 Å². The predicted molar refractivity (Wildman–Crippen MR) is 129 cm³/mol. The van der Waals surface area contributed by atoms with Crippen molar-refractivity contribution in [2.24, 2.45) is 0 Å². The van der Waals surface area contributed by atoms with Crippen LogP contribution in [0.2, 0.25) is 0 Å². The first-order valence-corrected chi connectivity index (χ1v) is 11.0. The van der Waals surface area contributed by atoms with Gasteiger partial charge in [0.2, 0.25) is 0 Å². The van der Waals surface area contributed by atoms with Gasteiger partial charge in [0.05, 0.1) is 19.2 Å². The third-order valence-electron chi connectivity index (χ3n) is 5.65. The first kappa shape index (κ1) is 22.2. The number of nitrogens with one attached hydrogen (secondary N) is 1. The highest BCUT2D eigenvalue weighted by Gasteiger charge is 2.12. The molecule has 0 atom stereocenters. The Balaban J connectivity index is 1.43. The number of aromatic nitrogens is 1. The fourth-order valence-electron chi connectivity index (χ4n) is 3.85. The van der Waals surface area contributed by atoms with Gasteiger partial charge in [-0.25, -0.2) is 0 Å². The van der Waals surface area contributed by atoms with Crippen LogP contribution in [0.4, 0.5) is 0 Å². The summed E-state index contributed by atoms with van der Waals surface area (Å²) in [6.45, 7) is 0.596. The van der Waals surface area contributed by atoms with E-state index in [1.54, 1.807) is 6.20 Å². The van der Waals surface area contributed by atoms with Crippen LogP contribution < -0.4 is 5.32 Å². The smallest absolute Gasteiger partial charge is 0.310 e. The lowest BCUT2D eigenvalue weighted by Crippen LogP contribution is -2.25. The van der Waals surface area contributed by atoms with Crippen LogP contribution in [0.1, 0.15) is 32.7 Å². The van der Waals surface area contributed by atoms with Crippen LogP contribution in [0, 0.1) is 0 Å². The molecule has 0 bridgehead atoms. The first-order valence-electron chi connectivity index (χ1n) is 11.0. The van der Waals surface area contributed by atoms with Gasteiger partial charge >= 0.3 is 5.97 Å². The Morgan fingerprint density at radius 2 is 1.55 bits per heavy atom. The summed E-state index contributed by atoms with van der Waals surface area (Å²) in [4.78, 5) is 28.8. The molecular formula is C28H26N2O3. The normalized spacial score (nSPS) is 10.7. The number of carbonyl (C=O) groups is 2. The van der Waals surface area contributed by atoms with Gasteiger partial charge in [-0.05, 0) is 40.6 Å². The van der Waals surface area contributed by atoms with E-state index in [-0.39, 0.29) is 18.3 Å². The van der Waals surface area contributed by atoms with E-state index in [9.17, 15) is 9.59 Å². The molecular weight excluding hydrogens is 412 g/mol. The second-order valence-corrected chi connectivity index (χ2v) is 7.89. The standard InChI is InChI=1S/C28H26N2O3/c1-33-27(31)18-23-19-30-26(25-10-6-5-9-24(23)25)17-21-11-13-22(14-12-21)28(32)29-16-15-20-7-3-2-4-8-20/h2-14,19H,15-18H2,1H3,(H,29,32). The summed E-state index contributed by atoms with van der Waals surface area (Å²) in [5.41, 5.74) is 4.68. The minimum atomic E-state index is -0.285. The maximum Gasteiger partial charge on any atom is 0.310 e. The second kappa shape index (κ2) is 10.6. The monoisotopic (exact) mass is 438 g/mol. The van der Waals surface area contributed by atoms with E-state index >= 15 is 0 Å². The molecule has 0 unspecified atom stereocenters. The highest BCUT2D eigenvalue weighted by atomic mass is 16.5. The van der Waals surface area contributed by atoms with Gasteiger partial charge in [0.1, 0.15) is 0 Å². The third-order valence-corrected chi connectivity index (χ3v) is 5.65. The maximum absolute atomic E-state index is 12.5. The topological polar surface area (TPSA) is 68.3 Å². The van der Waals surface area contributed by atoms with Crippen LogP contribution in [-0.2, 0) is 28.8 Å². The number of carbonyl (C=O) groups excluding carboxylic acids is 2. The van der Waals surface area contributed by atoms with Crippen LogP contribution in [0.3, 0.4) is 0 Å². The van der Waals surface area contributed by atoms with E-state index in [1.165, 1.54) is 12.7 Å². The van der Waals surface area contributed by atoms with Gasteiger partial charge in [-0.1, -0.05) is 66.7 Å². The Labute approximate surface area is 193 Å². The molecule has 1 N–H and O–H groups in total. The molecule has 0 aliphatic heterocycles. The zero-order chi connectivity index (χ0) is 23.0. The molecule has 0 saturated carbocycles. The van der Waals surface area contributed by atoms with E-state index in [0.29, 0.717) is 18.5 Å². The zero-order valence-corrected chi connectivity index (χ0v) is 18.6. The molecule has 4 aromatic rings. The summed E-state index contributed by atoms with van der Waals surface area (Å²) in [5.74, 6) is -0.361. The number of rotatable bonds is 8. The van der Waals surface area contributed by atoms with Gasteiger partial charge in [0.25, 0.3) is 5.91 Å². The van der Waals surface area contributed by atoms with Gasteiger partial charge in [-0.15, -0.1) is 0 Å². The summed E-state index contributed by atoms with van der Waals surface area (Å²) < 4.78 is 4.81. The van der Waals surface area contributed by atoms with Crippen molar-refractivity contribution in [3.8, 4) is 0 Å². The fourth-order valence-corrected chi connectivity index (χ4v) is 3.85. The SMILES string of the molecule is COC(=O)Cc1cnc(Cc2ccc(C(=O)NCCc3ccccc3)cc2)c2ccccc12. The maximum atomic E-state index is 12.5. The van der Waals surface area contributed by atoms with Gasteiger partial charge in [0.15, 0.2) is 0 Å². The number of hydrogen-bond donors (Lipinski definition) is 1. The van der Waals surface area contributed by atoms with E-state index in [1.807, 2.05) is 66.7 Å². The van der Waals surface area contributed by atoms with E-state index < -0.39 is 0 Å². The summed E-state index contributed by atoms with van der Waals surface area (Å²) in [6.07, 6.45) is 3.38. The molecule has 33 heavy (non-hydrogen) atoms. The van der Waals surface area contributed by atoms with Crippen molar-refractivity contribution in [2.45, 2.75) is 19.3 Å². The second-order valence-electron chi connectivity index (χ2n) is 7.89. The van der Waals surface area contributed by atoms with E-state index in [2.05, 4.69) is 22.4 Å². The van der Waals surface area contributed by atoms with Crippen molar-refractivity contribution in [1.82, 2.24) is 10.3 Å². The van der Waals surface area contributed by atoms with E-state index in [4.69, 9.17) is 4.74 Å². The van der Waals surface area contributed by atoms with Crippen molar-refractivity contribution < 1.29 is 14.3 Å². The molecule has 5 heteroatoms. The lowest BCUT2D eigenvalue weighted by Gasteiger charge is -2.11. The molecule has 4 rings (SSSR count). The lowest BCUT2D eigenvalue weighted by atomic mass is 9.99. The Hall–Kier alpha value is -3.99.